The van der Waals surface area contributed by atoms with E-state index in [2.05, 4.69) is 4.84 Å². The summed E-state index contributed by atoms with van der Waals surface area (Å²) < 4.78 is 57.3. The monoisotopic (exact) mass is 447 g/mol. The lowest BCUT2D eigenvalue weighted by atomic mass is 9.91. The van der Waals surface area contributed by atoms with Gasteiger partial charge in [-0.05, 0) is 38.5 Å². The Morgan fingerprint density at radius 3 is 2.48 bits per heavy atom. The molecule has 1 aromatic rings. The Labute approximate surface area is 177 Å². The van der Waals surface area contributed by atoms with Crippen molar-refractivity contribution in [3.63, 3.8) is 0 Å². The van der Waals surface area contributed by atoms with Crippen LogP contribution in [0.2, 0.25) is 0 Å². The molecular formula is C20H24F3NO7. The molecule has 0 saturated heterocycles. The van der Waals surface area contributed by atoms with Crippen LogP contribution >= 0.6 is 0 Å². The highest BCUT2D eigenvalue weighted by atomic mass is 19.4. The SMILES string of the molecule is Cc1cc(C)c2c(c1)C=C[C@](C(C)OC(=O)OCC(C)(C)CO[N+](=O)[O-])(C(F)(F)F)O2. The highest BCUT2D eigenvalue weighted by molar-refractivity contribution is 5.65. The molecular weight excluding hydrogens is 423 g/mol. The highest BCUT2D eigenvalue weighted by Gasteiger charge is 2.62. The minimum Gasteiger partial charge on any atom is -0.469 e. The van der Waals surface area contributed by atoms with E-state index in [1.807, 2.05) is 6.92 Å². The van der Waals surface area contributed by atoms with E-state index in [1.165, 1.54) is 19.9 Å². The number of rotatable bonds is 7. The molecule has 0 N–H and O–H groups in total. The third kappa shape index (κ3) is 5.59. The van der Waals surface area contributed by atoms with Crippen molar-refractivity contribution in [3.8, 4) is 5.75 Å². The Hall–Kier alpha value is -2.98. The molecule has 1 aliphatic heterocycles. The van der Waals surface area contributed by atoms with Crippen molar-refractivity contribution in [2.45, 2.75) is 52.5 Å². The average molecular weight is 447 g/mol. The summed E-state index contributed by atoms with van der Waals surface area (Å²) in [6, 6.07) is 3.38. The molecule has 0 bridgehead atoms. The molecule has 1 heterocycles. The topological polar surface area (TPSA) is 97.1 Å². The summed E-state index contributed by atoms with van der Waals surface area (Å²) >= 11 is 0. The number of carbonyl (C=O) groups excluding carboxylic acids is 1. The minimum absolute atomic E-state index is 0.0484. The lowest BCUT2D eigenvalue weighted by Crippen LogP contribution is -2.58. The number of ether oxygens (including phenoxy) is 3. The molecule has 0 saturated carbocycles. The third-order valence-corrected chi connectivity index (χ3v) is 4.69. The molecule has 0 aliphatic carbocycles. The number of hydrogen-bond acceptors (Lipinski definition) is 7. The Balaban J connectivity index is 2.16. The van der Waals surface area contributed by atoms with Crippen LogP contribution in [-0.2, 0) is 14.3 Å². The zero-order valence-electron chi connectivity index (χ0n) is 17.7. The summed E-state index contributed by atoms with van der Waals surface area (Å²) in [5, 5.41) is 9.29. The van der Waals surface area contributed by atoms with Crippen molar-refractivity contribution in [2.24, 2.45) is 5.41 Å². The number of fused-ring (bicyclic) bond motifs is 1. The van der Waals surface area contributed by atoms with Gasteiger partial charge in [-0.25, -0.2) is 4.79 Å². The molecule has 31 heavy (non-hydrogen) atoms. The molecule has 0 amide bonds. The van der Waals surface area contributed by atoms with Gasteiger partial charge in [0.1, 0.15) is 19.0 Å². The molecule has 1 aromatic carbocycles. The lowest BCUT2D eigenvalue weighted by Gasteiger charge is -2.40. The van der Waals surface area contributed by atoms with Gasteiger partial charge in [-0.2, -0.15) is 13.2 Å². The van der Waals surface area contributed by atoms with Gasteiger partial charge in [0.05, 0.1) is 0 Å². The van der Waals surface area contributed by atoms with Crippen molar-refractivity contribution in [3.05, 3.63) is 45.0 Å². The summed E-state index contributed by atoms with van der Waals surface area (Å²) in [5.41, 5.74) is -2.02. The van der Waals surface area contributed by atoms with Gasteiger partial charge >= 0.3 is 12.3 Å². The van der Waals surface area contributed by atoms with Gasteiger partial charge in [-0.3, -0.25) is 0 Å². The second kappa shape index (κ2) is 8.64. The summed E-state index contributed by atoms with van der Waals surface area (Å²) in [4.78, 5) is 26.6. The van der Waals surface area contributed by atoms with Crippen LogP contribution in [0.15, 0.2) is 18.2 Å². The molecule has 0 aromatic heterocycles. The van der Waals surface area contributed by atoms with Gasteiger partial charge in [0.15, 0.2) is 6.10 Å². The highest BCUT2D eigenvalue weighted by Crippen LogP contribution is 2.45. The fourth-order valence-corrected chi connectivity index (χ4v) is 3.06. The van der Waals surface area contributed by atoms with Gasteiger partial charge in [0.2, 0.25) is 0 Å². The normalized spacial score (nSPS) is 19.1. The number of alkyl halides is 3. The Bertz CT molecular complexity index is 882. The Kier molecular flexibility index (Phi) is 6.77. The number of benzene rings is 1. The molecule has 0 radical (unpaired) electrons. The van der Waals surface area contributed by atoms with E-state index in [4.69, 9.17) is 14.2 Å². The summed E-state index contributed by atoms with van der Waals surface area (Å²) in [7, 11) is 0. The van der Waals surface area contributed by atoms with E-state index < -0.39 is 34.5 Å². The van der Waals surface area contributed by atoms with Crippen molar-refractivity contribution >= 4 is 12.2 Å². The smallest absolute Gasteiger partial charge is 0.469 e. The van der Waals surface area contributed by atoms with Gasteiger partial charge in [0.25, 0.3) is 10.7 Å². The van der Waals surface area contributed by atoms with Crippen LogP contribution in [0.5, 0.6) is 5.75 Å². The predicted molar refractivity (Wildman–Crippen MR) is 103 cm³/mol. The molecule has 1 aliphatic rings. The maximum atomic E-state index is 14.1. The first-order valence-electron chi connectivity index (χ1n) is 9.34. The summed E-state index contributed by atoms with van der Waals surface area (Å²) in [6.07, 6.45) is -5.95. The molecule has 11 heteroatoms. The molecule has 0 fully saturated rings. The van der Waals surface area contributed by atoms with Crippen molar-refractivity contribution in [1.29, 1.82) is 0 Å². The van der Waals surface area contributed by atoms with E-state index in [9.17, 15) is 28.1 Å². The average Bonchev–Trinajstić information content (AvgIpc) is 2.63. The number of halogens is 3. The summed E-state index contributed by atoms with van der Waals surface area (Å²) in [5.74, 6) is 0.0484. The van der Waals surface area contributed by atoms with Gasteiger partial charge in [0, 0.05) is 11.0 Å². The van der Waals surface area contributed by atoms with E-state index in [0.717, 1.165) is 18.6 Å². The second-order valence-electron chi connectivity index (χ2n) is 8.19. The van der Waals surface area contributed by atoms with Crippen molar-refractivity contribution in [2.75, 3.05) is 13.2 Å². The van der Waals surface area contributed by atoms with Gasteiger partial charge in [-0.15, -0.1) is 10.1 Å². The minimum atomic E-state index is -4.91. The lowest BCUT2D eigenvalue weighted by molar-refractivity contribution is -0.760. The van der Waals surface area contributed by atoms with Crippen LogP contribution in [0.25, 0.3) is 6.08 Å². The largest absolute Gasteiger partial charge is 0.508 e. The van der Waals surface area contributed by atoms with Crippen molar-refractivity contribution in [1.82, 2.24) is 0 Å². The zero-order valence-corrected chi connectivity index (χ0v) is 17.7. The first-order valence-corrected chi connectivity index (χ1v) is 9.34. The first kappa shape index (κ1) is 24.3. The van der Waals surface area contributed by atoms with Crippen LogP contribution in [0.3, 0.4) is 0 Å². The van der Waals surface area contributed by atoms with Crippen LogP contribution in [0.1, 0.15) is 37.5 Å². The first-order chi connectivity index (χ1) is 14.2. The fraction of sp³-hybridized carbons (Fsp3) is 0.550. The Morgan fingerprint density at radius 1 is 1.26 bits per heavy atom. The number of hydrogen-bond donors (Lipinski definition) is 0. The van der Waals surface area contributed by atoms with Crippen LogP contribution in [0, 0.1) is 29.4 Å². The molecule has 2 rings (SSSR count). The van der Waals surface area contributed by atoms with E-state index >= 15 is 0 Å². The quantitative estimate of drug-likeness (QED) is 0.337. The standard InChI is InChI=1S/C20H24F3NO7/c1-12-8-13(2)16-15(9-12)6-7-19(31-16,20(21,22)23)14(3)30-17(25)28-10-18(4,5)11-29-24(26)27/h6-9,14H,10-11H2,1-5H3/t14?,19-/m0/s1. The van der Waals surface area contributed by atoms with E-state index in [1.54, 1.807) is 19.1 Å². The molecule has 172 valence electrons. The fourth-order valence-electron chi connectivity index (χ4n) is 3.06. The molecule has 2 atom stereocenters. The predicted octanol–water partition coefficient (Wildman–Crippen LogP) is 4.79. The zero-order chi connectivity index (χ0) is 23.6. The third-order valence-electron chi connectivity index (χ3n) is 4.69. The van der Waals surface area contributed by atoms with Gasteiger partial charge in [-0.1, -0.05) is 31.6 Å². The van der Waals surface area contributed by atoms with Crippen LogP contribution in [-0.4, -0.2) is 42.3 Å². The number of nitrogens with zero attached hydrogens (tertiary/aromatic N) is 1. The van der Waals surface area contributed by atoms with E-state index in [0.29, 0.717) is 11.1 Å². The van der Waals surface area contributed by atoms with Crippen LogP contribution < -0.4 is 4.74 Å². The molecule has 8 nitrogen and oxygen atoms in total. The molecule has 0 spiro atoms. The second-order valence-corrected chi connectivity index (χ2v) is 8.19. The van der Waals surface area contributed by atoms with Gasteiger partial charge < -0.3 is 19.0 Å². The van der Waals surface area contributed by atoms with Crippen molar-refractivity contribution < 1.29 is 42.1 Å². The number of carbonyl (C=O) groups is 1. The maximum Gasteiger partial charge on any atom is 0.508 e. The summed E-state index contributed by atoms with van der Waals surface area (Å²) in [6.45, 7) is 6.76. The maximum absolute atomic E-state index is 14.1. The van der Waals surface area contributed by atoms with Crippen LogP contribution in [0.4, 0.5) is 18.0 Å². The number of aryl methyl sites for hydroxylation is 2. The Morgan fingerprint density at radius 2 is 1.90 bits per heavy atom. The van der Waals surface area contributed by atoms with E-state index in [-0.39, 0.29) is 19.0 Å². The molecule has 1 unspecified atom stereocenters.